The van der Waals surface area contributed by atoms with Crippen molar-refractivity contribution in [1.29, 1.82) is 0 Å². The largest absolute Gasteiger partial charge is 0.496 e. The van der Waals surface area contributed by atoms with Crippen molar-refractivity contribution in [2.24, 2.45) is 0 Å². The van der Waals surface area contributed by atoms with Gasteiger partial charge in [0.05, 0.1) is 19.8 Å². The van der Waals surface area contributed by atoms with Crippen LogP contribution in [0.25, 0.3) is 0 Å². The Hall–Kier alpha value is -1.84. The number of carbonyl (C=O) groups excluding carboxylic acids is 2. The fraction of sp³-hybridized carbons (Fsp3) is 0.385. The van der Waals surface area contributed by atoms with Gasteiger partial charge in [0.1, 0.15) is 11.5 Å². The molecule has 0 atom stereocenters. The molecule has 4 heteroatoms. The smallest absolute Gasteiger partial charge is 0.337 e. The summed E-state index contributed by atoms with van der Waals surface area (Å²) in [5, 5.41) is 0. The molecule has 1 rings (SSSR count). The fourth-order valence-corrected chi connectivity index (χ4v) is 1.53. The summed E-state index contributed by atoms with van der Waals surface area (Å²) in [6.45, 7) is 1.54. The van der Waals surface area contributed by atoms with Crippen molar-refractivity contribution in [2.45, 2.75) is 19.8 Å². The first kappa shape index (κ1) is 13.2. The molecule has 0 amide bonds. The molecule has 0 radical (unpaired) electrons. The Kier molecular flexibility index (Phi) is 4.69. The van der Waals surface area contributed by atoms with Crippen LogP contribution in [-0.2, 0) is 16.0 Å². The number of hydrogen-bond acceptors (Lipinski definition) is 4. The second kappa shape index (κ2) is 6.03. The molecule has 0 heterocycles. The summed E-state index contributed by atoms with van der Waals surface area (Å²) in [5.41, 5.74) is 1.30. The standard InChI is InChI=1S/C13H16O4/c1-9(14)4-5-10-8-11(13(15)17-3)6-7-12(10)16-2/h6-8H,4-5H2,1-3H3. The van der Waals surface area contributed by atoms with Crippen LogP contribution in [0, 0.1) is 0 Å². The number of ketones is 1. The second-order valence-electron chi connectivity index (χ2n) is 3.72. The highest BCUT2D eigenvalue weighted by molar-refractivity contribution is 5.89. The SMILES string of the molecule is COC(=O)c1ccc(OC)c(CCC(C)=O)c1. The van der Waals surface area contributed by atoms with Gasteiger partial charge in [0.15, 0.2) is 0 Å². The first-order valence-electron chi connectivity index (χ1n) is 5.33. The molecule has 92 valence electrons. The van der Waals surface area contributed by atoms with E-state index in [1.165, 1.54) is 14.0 Å². The summed E-state index contributed by atoms with van der Waals surface area (Å²) in [6.07, 6.45) is 0.990. The Labute approximate surface area is 101 Å². The molecule has 0 saturated carbocycles. The lowest BCUT2D eigenvalue weighted by Crippen LogP contribution is -2.04. The molecular weight excluding hydrogens is 220 g/mol. The Balaban J connectivity index is 2.97. The minimum atomic E-state index is -0.392. The highest BCUT2D eigenvalue weighted by Gasteiger charge is 2.10. The topological polar surface area (TPSA) is 52.6 Å². The Bertz CT molecular complexity index is 423. The first-order chi connectivity index (χ1) is 8.08. The summed E-state index contributed by atoms with van der Waals surface area (Å²) in [5.74, 6) is 0.395. The van der Waals surface area contributed by atoms with Crippen molar-refractivity contribution in [2.75, 3.05) is 14.2 Å². The first-order valence-corrected chi connectivity index (χ1v) is 5.33. The number of esters is 1. The molecule has 0 spiro atoms. The molecule has 0 saturated heterocycles. The number of benzene rings is 1. The van der Waals surface area contributed by atoms with Gasteiger partial charge in [0, 0.05) is 6.42 Å². The Morgan fingerprint density at radius 2 is 1.94 bits per heavy atom. The van der Waals surface area contributed by atoms with Crippen LogP contribution >= 0.6 is 0 Å². The number of rotatable bonds is 5. The van der Waals surface area contributed by atoms with Crippen molar-refractivity contribution in [3.63, 3.8) is 0 Å². The van der Waals surface area contributed by atoms with E-state index in [2.05, 4.69) is 4.74 Å². The average Bonchev–Trinajstić information content (AvgIpc) is 2.34. The van der Waals surface area contributed by atoms with Crippen LogP contribution in [0.1, 0.15) is 29.3 Å². The molecule has 0 aliphatic heterocycles. The van der Waals surface area contributed by atoms with E-state index in [1.807, 2.05) is 0 Å². The number of aryl methyl sites for hydroxylation is 1. The summed E-state index contributed by atoms with van der Waals surface area (Å²) in [6, 6.07) is 5.05. The molecule has 1 aromatic rings. The van der Waals surface area contributed by atoms with Crippen LogP contribution < -0.4 is 4.74 Å². The fourth-order valence-electron chi connectivity index (χ4n) is 1.53. The quantitative estimate of drug-likeness (QED) is 0.734. The van der Waals surface area contributed by atoms with E-state index in [9.17, 15) is 9.59 Å². The van der Waals surface area contributed by atoms with Crippen LogP contribution in [0.5, 0.6) is 5.75 Å². The van der Waals surface area contributed by atoms with Gasteiger partial charge in [-0.1, -0.05) is 0 Å². The van der Waals surface area contributed by atoms with Crippen LogP contribution in [0.4, 0.5) is 0 Å². The molecule has 0 N–H and O–H groups in total. The minimum Gasteiger partial charge on any atom is -0.496 e. The lowest BCUT2D eigenvalue weighted by atomic mass is 10.0. The second-order valence-corrected chi connectivity index (χ2v) is 3.72. The number of hydrogen-bond donors (Lipinski definition) is 0. The van der Waals surface area contributed by atoms with Crippen LogP contribution in [0.15, 0.2) is 18.2 Å². The van der Waals surface area contributed by atoms with Gasteiger partial charge in [-0.3, -0.25) is 0 Å². The highest BCUT2D eigenvalue weighted by atomic mass is 16.5. The molecule has 0 aliphatic carbocycles. The van der Waals surface area contributed by atoms with E-state index < -0.39 is 5.97 Å². The van der Waals surface area contributed by atoms with Gasteiger partial charge in [-0.25, -0.2) is 4.79 Å². The third-order valence-electron chi connectivity index (χ3n) is 2.45. The maximum absolute atomic E-state index is 11.4. The van der Waals surface area contributed by atoms with Gasteiger partial charge in [0.2, 0.25) is 0 Å². The molecule has 0 fully saturated rings. The normalized spacial score (nSPS) is 9.82. The summed E-state index contributed by atoms with van der Waals surface area (Å²) < 4.78 is 9.83. The van der Waals surface area contributed by atoms with Crippen molar-refractivity contribution >= 4 is 11.8 Å². The maximum Gasteiger partial charge on any atom is 0.337 e. The minimum absolute atomic E-state index is 0.107. The number of methoxy groups -OCH3 is 2. The molecular formula is C13H16O4. The van der Waals surface area contributed by atoms with E-state index in [4.69, 9.17) is 4.74 Å². The van der Waals surface area contributed by atoms with Crippen LogP contribution in [0.3, 0.4) is 0 Å². The molecule has 4 nitrogen and oxygen atoms in total. The van der Waals surface area contributed by atoms with Crippen molar-refractivity contribution in [1.82, 2.24) is 0 Å². The van der Waals surface area contributed by atoms with E-state index in [0.717, 1.165) is 5.56 Å². The molecule has 17 heavy (non-hydrogen) atoms. The number of carbonyl (C=O) groups is 2. The van der Waals surface area contributed by atoms with Crippen LogP contribution in [-0.4, -0.2) is 26.0 Å². The number of Topliss-reactive ketones (excluding diaryl/α,β-unsaturated/α-hetero) is 1. The Morgan fingerprint density at radius 3 is 2.47 bits per heavy atom. The lowest BCUT2D eigenvalue weighted by molar-refractivity contribution is -0.116. The molecule has 1 aromatic carbocycles. The van der Waals surface area contributed by atoms with Gasteiger partial charge in [-0.05, 0) is 37.1 Å². The van der Waals surface area contributed by atoms with Crippen molar-refractivity contribution in [3.8, 4) is 5.75 Å². The predicted octanol–water partition coefficient (Wildman–Crippen LogP) is 2.00. The summed E-state index contributed by atoms with van der Waals surface area (Å²) in [7, 11) is 2.90. The zero-order valence-electron chi connectivity index (χ0n) is 10.3. The molecule has 0 bridgehead atoms. The third-order valence-corrected chi connectivity index (χ3v) is 2.45. The van der Waals surface area contributed by atoms with E-state index in [-0.39, 0.29) is 5.78 Å². The third kappa shape index (κ3) is 3.59. The Morgan fingerprint density at radius 1 is 1.24 bits per heavy atom. The van der Waals surface area contributed by atoms with Crippen molar-refractivity contribution in [3.05, 3.63) is 29.3 Å². The molecule has 0 aliphatic rings. The highest BCUT2D eigenvalue weighted by Crippen LogP contribution is 2.21. The van der Waals surface area contributed by atoms with E-state index in [0.29, 0.717) is 24.2 Å². The maximum atomic E-state index is 11.4. The van der Waals surface area contributed by atoms with Crippen molar-refractivity contribution < 1.29 is 19.1 Å². The summed E-state index contributed by atoms with van der Waals surface area (Å²) in [4.78, 5) is 22.3. The number of ether oxygens (including phenoxy) is 2. The zero-order chi connectivity index (χ0) is 12.8. The average molecular weight is 236 g/mol. The summed E-state index contributed by atoms with van der Waals surface area (Å²) >= 11 is 0. The van der Waals surface area contributed by atoms with Gasteiger partial charge >= 0.3 is 5.97 Å². The van der Waals surface area contributed by atoms with Crippen LogP contribution in [0.2, 0.25) is 0 Å². The zero-order valence-corrected chi connectivity index (χ0v) is 10.3. The van der Waals surface area contributed by atoms with Gasteiger partial charge in [-0.15, -0.1) is 0 Å². The van der Waals surface area contributed by atoms with Gasteiger partial charge < -0.3 is 14.3 Å². The monoisotopic (exact) mass is 236 g/mol. The van der Waals surface area contributed by atoms with E-state index in [1.54, 1.807) is 25.3 Å². The van der Waals surface area contributed by atoms with Gasteiger partial charge in [0.25, 0.3) is 0 Å². The van der Waals surface area contributed by atoms with E-state index >= 15 is 0 Å². The predicted molar refractivity (Wildman–Crippen MR) is 63.3 cm³/mol. The lowest BCUT2D eigenvalue weighted by Gasteiger charge is -2.09. The molecule has 0 aromatic heterocycles. The van der Waals surface area contributed by atoms with Gasteiger partial charge in [-0.2, -0.15) is 0 Å². The molecule has 0 unspecified atom stereocenters.